The fraction of sp³-hybridized carbons (Fsp3) is 0.619. The van der Waals surface area contributed by atoms with Crippen molar-refractivity contribution in [3.63, 3.8) is 0 Å². The quantitative estimate of drug-likeness (QED) is 0.748. The van der Waals surface area contributed by atoms with Gasteiger partial charge in [-0.05, 0) is 46.3 Å². The van der Waals surface area contributed by atoms with Gasteiger partial charge in [0.05, 0.1) is 18.8 Å². The summed E-state index contributed by atoms with van der Waals surface area (Å²) < 4.78 is 0.882. The zero-order valence-corrected chi connectivity index (χ0v) is 18.5. The predicted molar refractivity (Wildman–Crippen MR) is 115 cm³/mol. The first kappa shape index (κ1) is 21.3. The van der Waals surface area contributed by atoms with Gasteiger partial charge < -0.3 is 10.2 Å². The van der Waals surface area contributed by atoms with E-state index in [1.165, 1.54) is 6.42 Å². The van der Waals surface area contributed by atoms with E-state index in [2.05, 4.69) is 44.9 Å². The third kappa shape index (κ3) is 6.03. The highest BCUT2D eigenvalue weighted by Gasteiger charge is 2.27. The smallest absolute Gasteiger partial charge is 0.238 e. The zero-order valence-electron chi connectivity index (χ0n) is 16.9. The van der Waals surface area contributed by atoms with Crippen LogP contribution in [0.15, 0.2) is 28.7 Å². The summed E-state index contributed by atoms with van der Waals surface area (Å²) in [4.78, 5) is 31.4. The minimum absolute atomic E-state index is 0.00674. The molecule has 2 atom stereocenters. The topological polar surface area (TPSA) is 55.9 Å². The van der Waals surface area contributed by atoms with Crippen molar-refractivity contribution in [3.05, 3.63) is 28.7 Å². The number of nitrogens with one attached hydrogen (secondary N) is 1. The van der Waals surface area contributed by atoms with E-state index < -0.39 is 0 Å². The Bertz CT molecular complexity index is 681. The third-order valence-electron chi connectivity index (χ3n) is 5.56. The minimum Gasteiger partial charge on any atom is -0.341 e. The van der Waals surface area contributed by atoms with Gasteiger partial charge in [0.1, 0.15) is 0 Å². The molecule has 7 heteroatoms. The Morgan fingerprint density at radius 1 is 1.00 bits per heavy atom. The van der Waals surface area contributed by atoms with Gasteiger partial charge in [-0.1, -0.05) is 26.0 Å². The summed E-state index contributed by atoms with van der Waals surface area (Å²) in [6.45, 7) is 10.4. The molecule has 2 amide bonds. The van der Waals surface area contributed by atoms with Crippen molar-refractivity contribution in [1.29, 1.82) is 0 Å². The lowest BCUT2D eigenvalue weighted by molar-refractivity contribution is -0.135. The number of nitrogens with zero attached hydrogens (tertiary/aromatic N) is 3. The molecular weight excluding hydrogens is 420 g/mol. The van der Waals surface area contributed by atoms with E-state index in [1.807, 2.05) is 29.2 Å². The Labute approximate surface area is 176 Å². The number of amides is 2. The molecule has 1 aromatic rings. The van der Waals surface area contributed by atoms with Gasteiger partial charge in [-0.25, -0.2) is 0 Å². The Balaban J connectivity index is 1.40. The normalized spacial score (nSPS) is 24.2. The van der Waals surface area contributed by atoms with E-state index >= 15 is 0 Å². The molecule has 0 radical (unpaired) electrons. The molecule has 1 aromatic carbocycles. The van der Waals surface area contributed by atoms with Crippen LogP contribution in [0.2, 0.25) is 0 Å². The van der Waals surface area contributed by atoms with Gasteiger partial charge in [-0.2, -0.15) is 0 Å². The first-order valence-electron chi connectivity index (χ1n) is 10.2. The number of anilines is 1. The largest absolute Gasteiger partial charge is 0.341 e. The fourth-order valence-corrected chi connectivity index (χ4v) is 4.60. The molecule has 0 aliphatic carbocycles. The molecule has 0 saturated carbocycles. The lowest BCUT2D eigenvalue weighted by atomic mass is 9.92. The molecule has 0 aromatic heterocycles. The van der Waals surface area contributed by atoms with Gasteiger partial charge in [0.25, 0.3) is 0 Å². The number of likely N-dealkylation sites (tertiary alicyclic amines) is 1. The number of hydrogen-bond donors (Lipinski definition) is 1. The second-order valence-corrected chi connectivity index (χ2v) is 9.18. The molecule has 0 spiro atoms. The molecule has 6 nitrogen and oxygen atoms in total. The lowest BCUT2D eigenvalue weighted by Crippen LogP contribution is -2.52. The number of piperazine rings is 1. The monoisotopic (exact) mass is 450 g/mol. The van der Waals surface area contributed by atoms with E-state index in [9.17, 15) is 9.59 Å². The highest BCUT2D eigenvalue weighted by atomic mass is 79.9. The maximum absolute atomic E-state index is 12.7. The molecule has 2 saturated heterocycles. The SMILES string of the molecule is C[C@H]1C[C@H](C)CN(C(=O)CN2CCN(CC(=O)Nc3ccccc3Br)CC2)C1. The first-order valence-corrected chi connectivity index (χ1v) is 11.0. The number of carbonyl (C=O) groups excluding carboxylic acids is 2. The highest BCUT2D eigenvalue weighted by Crippen LogP contribution is 2.22. The average molecular weight is 451 g/mol. The Morgan fingerprint density at radius 3 is 2.18 bits per heavy atom. The van der Waals surface area contributed by atoms with Crippen LogP contribution in [0, 0.1) is 11.8 Å². The van der Waals surface area contributed by atoms with Gasteiger partial charge in [0.15, 0.2) is 0 Å². The van der Waals surface area contributed by atoms with Crippen LogP contribution in [0.4, 0.5) is 5.69 Å². The second-order valence-electron chi connectivity index (χ2n) is 8.33. The number of rotatable bonds is 5. The predicted octanol–water partition coefficient (Wildman–Crippen LogP) is 2.51. The van der Waals surface area contributed by atoms with E-state index in [0.29, 0.717) is 24.9 Å². The van der Waals surface area contributed by atoms with E-state index in [0.717, 1.165) is 49.4 Å². The van der Waals surface area contributed by atoms with Gasteiger partial charge >= 0.3 is 0 Å². The van der Waals surface area contributed by atoms with Gasteiger partial charge in [0.2, 0.25) is 11.8 Å². The van der Waals surface area contributed by atoms with Crippen molar-refractivity contribution in [2.45, 2.75) is 20.3 Å². The number of benzene rings is 1. The van der Waals surface area contributed by atoms with Crippen LogP contribution in [0.5, 0.6) is 0 Å². The van der Waals surface area contributed by atoms with Gasteiger partial charge in [-0.15, -0.1) is 0 Å². The maximum atomic E-state index is 12.7. The van der Waals surface area contributed by atoms with E-state index in [-0.39, 0.29) is 11.8 Å². The average Bonchev–Trinajstić information content (AvgIpc) is 2.64. The summed E-state index contributed by atoms with van der Waals surface area (Å²) in [6.07, 6.45) is 1.21. The Morgan fingerprint density at radius 2 is 1.57 bits per heavy atom. The molecular formula is C21H31BrN4O2. The summed E-state index contributed by atoms with van der Waals surface area (Å²) in [6, 6.07) is 7.62. The minimum atomic E-state index is -0.00674. The molecule has 28 heavy (non-hydrogen) atoms. The Hall–Kier alpha value is -1.44. The van der Waals surface area contributed by atoms with Gasteiger partial charge in [0, 0.05) is 43.7 Å². The molecule has 2 fully saturated rings. The molecule has 2 aliphatic heterocycles. The molecule has 3 rings (SSSR count). The number of carbonyl (C=O) groups is 2. The van der Waals surface area contributed by atoms with Crippen molar-refractivity contribution in [1.82, 2.24) is 14.7 Å². The number of hydrogen-bond acceptors (Lipinski definition) is 4. The fourth-order valence-electron chi connectivity index (χ4n) is 4.22. The van der Waals surface area contributed by atoms with Crippen LogP contribution in [0.3, 0.4) is 0 Å². The summed E-state index contributed by atoms with van der Waals surface area (Å²) in [5.41, 5.74) is 0.793. The number of piperidine rings is 1. The van der Waals surface area contributed by atoms with Crippen LogP contribution in [0.1, 0.15) is 20.3 Å². The maximum Gasteiger partial charge on any atom is 0.238 e. The molecule has 0 unspecified atom stereocenters. The second kappa shape index (κ2) is 9.85. The van der Waals surface area contributed by atoms with Crippen LogP contribution in [-0.4, -0.2) is 78.9 Å². The van der Waals surface area contributed by atoms with Crippen molar-refractivity contribution in [3.8, 4) is 0 Å². The summed E-state index contributed by atoms with van der Waals surface area (Å²) in [5.74, 6) is 1.42. The molecule has 154 valence electrons. The number of para-hydroxylation sites is 1. The Kier molecular flexibility index (Phi) is 7.48. The van der Waals surface area contributed by atoms with Crippen molar-refractivity contribution >= 4 is 33.4 Å². The lowest BCUT2D eigenvalue weighted by Gasteiger charge is -2.38. The van der Waals surface area contributed by atoms with Crippen LogP contribution < -0.4 is 5.32 Å². The number of halogens is 1. The van der Waals surface area contributed by atoms with E-state index in [4.69, 9.17) is 0 Å². The van der Waals surface area contributed by atoms with Crippen LogP contribution >= 0.6 is 15.9 Å². The summed E-state index contributed by atoms with van der Waals surface area (Å²) >= 11 is 3.45. The molecule has 2 aliphatic rings. The standard InChI is InChI=1S/C21H31BrN4O2/c1-16-11-17(2)13-26(12-16)21(28)15-25-9-7-24(8-10-25)14-20(27)23-19-6-4-3-5-18(19)22/h3-6,16-17H,7-15H2,1-2H3,(H,23,27)/t16-,17-/m0/s1. The van der Waals surface area contributed by atoms with E-state index in [1.54, 1.807) is 0 Å². The van der Waals surface area contributed by atoms with Crippen molar-refractivity contribution in [2.75, 3.05) is 57.7 Å². The summed E-state index contributed by atoms with van der Waals surface area (Å²) in [5, 5.41) is 2.95. The first-order chi connectivity index (χ1) is 13.4. The molecule has 1 N–H and O–H groups in total. The van der Waals surface area contributed by atoms with Crippen LogP contribution in [-0.2, 0) is 9.59 Å². The van der Waals surface area contributed by atoms with Crippen LogP contribution in [0.25, 0.3) is 0 Å². The van der Waals surface area contributed by atoms with Crippen molar-refractivity contribution < 1.29 is 9.59 Å². The highest BCUT2D eigenvalue weighted by molar-refractivity contribution is 9.10. The van der Waals surface area contributed by atoms with Crippen molar-refractivity contribution in [2.24, 2.45) is 11.8 Å². The molecule has 2 heterocycles. The molecule has 0 bridgehead atoms. The summed E-state index contributed by atoms with van der Waals surface area (Å²) in [7, 11) is 0. The van der Waals surface area contributed by atoms with Gasteiger partial charge in [-0.3, -0.25) is 19.4 Å². The third-order valence-corrected chi connectivity index (χ3v) is 6.25. The zero-order chi connectivity index (χ0) is 20.1.